The van der Waals surface area contributed by atoms with Gasteiger partial charge in [-0.15, -0.1) is 11.6 Å². The largest absolute Gasteiger partial charge is 0.478 e. The maximum absolute atomic E-state index is 11.4. The quantitative estimate of drug-likeness (QED) is 0.736. The molecule has 0 saturated heterocycles. The maximum atomic E-state index is 11.4. The molecule has 5 heteroatoms. The number of carboxylic acids is 1. The number of benzene rings is 2. The van der Waals surface area contributed by atoms with Gasteiger partial charge in [0.15, 0.2) is 0 Å². The van der Waals surface area contributed by atoms with Crippen LogP contribution < -0.4 is 5.32 Å². The third-order valence-corrected chi connectivity index (χ3v) is 3.21. The second-order valence-electron chi connectivity index (χ2n) is 4.20. The molecule has 0 amide bonds. The van der Waals surface area contributed by atoms with E-state index in [0.717, 1.165) is 5.39 Å². The van der Waals surface area contributed by atoms with Gasteiger partial charge in [0.2, 0.25) is 0 Å². The van der Waals surface area contributed by atoms with E-state index in [-0.39, 0.29) is 18.0 Å². The number of hydrogen-bond donors (Lipinski definition) is 3. The molecule has 0 aromatic heterocycles. The molecule has 2 aromatic carbocycles. The molecular formula is C14H14ClNO3. The van der Waals surface area contributed by atoms with Crippen molar-refractivity contribution in [1.82, 2.24) is 0 Å². The van der Waals surface area contributed by atoms with Gasteiger partial charge in [0.25, 0.3) is 0 Å². The lowest BCUT2D eigenvalue weighted by molar-refractivity contribution is 0.0700. The van der Waals surface area contributed by atoms with Gasteiger partial charge >= 0.3 is 5.97 Å². The zero-order valence-electron chi connectivity index (χ0n) is 10.1. The average molecular weight is 280 g/mol. The minimum atomic E-state index is -1.00. The first-order chi connectivity index (χ1) is 9.13. The fourth-order valence-electron chi connectivity index (χ4n) is 1.93. The highest BCUT2D eigenvalue weighted by atomic mass is 35.5. The van der Waals surface area contributed by atoms with Crippen LogP contribution in [0.15, 0.2) is 36.4 Å². The summed E-state index contributed by atoms with van der Waals surface area (Å²) in [6, 6.07) is 10.8. The number of hydrogen-bond acceptors (Lipinski definition) is 3. The van der Waals surface area contributed by atoms with Gasteiger partial charge in [0.1, 0.15) is 0 Å². The molecule has 0 fully saturated rings. The summed E-state index contributed by atoms with van der Waals surface area (Å²) in [7, 11) is 0. The van der Waals surface area contributed by atoms with Gasteiger partial charge in [-0.2, -0.15) is 0 Å². The van der Waals surface area contributed by atoms with E-state index in [9.17, 15) is 15.0 Å². The van der Waals surface area contributed by atoms with E-state index in [4.69, 9.17) is 11.6 Å². The number of aliphatic hydroxyl groups is 1. The number of rotatable bonds is 5. The number of anilines is 1. The first kappa shape index (κ1) is 13.6. The lowest BCUT2D eigenvalue weighted by atomic mass is 10.0. The van der Waals surface area contributed by atoms with Crippen molar-refractivity contribution in [1.29, 1.82) is 0 Å². The van der Waals surface area contributed by atoms with E-state index in [1.807, 2.05) is 18.2 Å². The van der Waals surface area contributed by atoms with Gasteiger partial charge in [-0.25, -0.2) is 4.79 Å². The number of alkyl halides is 1. The Balaban J connectivity index is 2.43. The van der Waals surface area contributed by atoms with Crippen molar-refractivity contribution < 1.29 is 15.0 Å². The van der Waals surface area contributed by atoms with E-state index in [0.29, 0.717) is 11.1 Å². The van der Waals surface area contributed by atoms with Crippen LogP contribution in [0.3, 0.4) is 0 Å². The number of aliphatic hydroxyl groups excluding tert-OH is 1. The summed E-state index contributed by atoms with van der Waals surface area (Å²) in [6.07, 6.45) is -0.713. The third kappa shape index (κ3) is 2.97. The molecule has 2 aromatic rings. The van der Waals surface area contributed by atoms with E-state index >= 15 is 0 Å². The van der Waals surface area contributed by atoms with Crippen LogP contribution in [0, 0.1) is 0 Å². The standard InChI is InChI=1S/C14H14ClNO3/c15-7-10(17)8-16-12-6-5-9-3-1-2-4-11(9)13(12)14(18)19/h1-6,10,16-17H,7-8H2,(H,18,19). The van der Waals surface area contributed by atoms with Crippen LogP contribution in [0.2, 0.25) is 0 Å². The van der Waals surface area contributed by atoms with Crippen LogP contribution >= 0.6 is 11.6 Å². The van der Waals surface area contributed by atoms with Gasteiger partial charge in [-0.1, -0.05) is 30.3 Å². The summed E-state index contributed by atoms with van der Waals surface area (Å²) in [5.41, 5.74) is 0.690. The molecule has 100 valence electrons. The van der Waals surface area contributed by atoms with Gasteiger partial charge < -0.3 is 15.5 Å². The fraction of sp³-hybridized carbons (Fsp3) is 0.214. The molecule has 0 radical (unpaired) electrons. The number of fused-ring (bicyclic) bond motifs is 1. The summed E-state index contributed by atoms with van der Waals surface area (Å²) in [6.45, 7) is 0.210. The SMILES string of the molecule is O=C(O)c1c(NCC(O)CCl)ccc2ccccc12. The van der Waals surface area contributed by atoms with Crippen LogP contribution in [-0.4, -0.2) is 34.7 Å². The highest BCUT2D eigenvalue weighted by Crippen LogP contribution is 2.26. The van der Waals surface area contributed by atoms with Crippen molar-refractivity contribution in [3.8, 4) is 0 Å². The molecule has 19 heavy (non-hydrogen) atoms. The van der Waals surface area contributed by atoms with Gasteiger partial charge in [-0.05, 0) is 16.8 Å². The Morgan fingerprint density at radius 3 is 2.68 bits per heavy atom. The van der Waals surface area contributed by atoms with Crippen LogP contribution in [0.4, 0.5) is 5.69 Å². The van der Waals surface area contributed by atoms with E-state index in [1.54, 1.807) is 18.2 Å². The number of aromatic carboxylic acids is 1. The lowest BCUT2D eigenvalue weighted by Gasteiger charge is -2.14. The predicted octanol–water partition coefficient (Wildman–Crippen LogP) is 2.55. The van der Waals surface area contributed by atoms with Crippen LogP contribution in [-0.2, 0) is 0 Å². The van der Waals surface area contributed by atoms with Gasteiger partial charge in [0, 0.05) is 12.2 Å². The number of carbonyl (C=O) groups is 1. The second kappa shape index (κ2) is 5.91. The van der Waals surface area contributed by atoms with Crippen molar-refractivity contribution in [2.75, 3.05) is 17.7 Å². The Morgan fingerprint density at radius 2 is 2.00 bits per heavy atom. The Kier molecular flexibility index (Phi) is 4.24. The molecule has 2 rings (SSSR count). The van der Waals surface area contributed by atoms with Gasteiger partial charge in [0.05, 0.1) is 17.5 Å². The second-order valence-corrected chi connectivity index (χ2v) is 4.51. The Hall–Kier alpha value is -1.78. The van der Waals surface area contributed by atoms with E-state index < -0.39 is 12.1 Å². The first-order valence-corrected chi connectivity index (χ1v) is 6.40. The van der Waals surface area contributed by atoms with Crippen LogP contribution in [0.5, 0.6) is 0 Å². The molecule has 0 spiro atoms. The fourth-order valence-corrected chi connectivity index (χ4v) is 2.04. The van der Waals surface area contributed by atoms with Crippen molar-refractivity contribution in [3.05, 3.63) is 42.0 Å². The summed E-state index contributed by atoms with van der Waals surface area (Å²) in [5.74, 6) is -0.900. The average Bonchev–Trinajstić information content (AvgIpc) is 2.43. The van der Waals surface area contributed by atoms with Crippen molar-refractivity contribution in [2.24, 2.45) is 0 Å². The van der Waals surface area contributed by atoms with E-state index in [1.165, 1.54) is 0 Å². The highest BCUT2D eigenvalue weighted by Gasteiger charge is 2.14. The number of halogens is 1. The minimum Gasteiger partial charge on any atom is -0.478 e. The molecule has 0 aliphatic rings. The molecule has 0 heterocycles. The minimum absolute atomic E-state index is 0.100. The maximum Gasteiger partial charge on any atom is 0.338 e. The molecule has 0 bridgehead atoms. The summed E-state index contributed by atoms with van der Waals surface area (Å²) in [5, 5.41) is 23.2. The molecular weight excluding hydrogens is 266 g/mol. The Bertz CT molecular complexity index is 600. The van der Waals surface area contributed by atoms with E-state index in [2.05, 4.69) is 5.32 Å². The van der Waals surface area contributed by atoms with Crippen LogP contribution in [0.1, 0.15) is 10.4 Å². The van der Waals surface area contributed by atoms with Crippen molar-refractivity contribution in [2.45, 2.75) is 6.10 Å². The molecule has 1 unspecified atom stereocenters. The van der Waals surface area contributed by atoms with Gasteiger partial charge in [-0.3, -0.25) is 0 Å². The van der Waals surface area contributed by atoms with Crippen LogP contribution in [0.25, 0.3) is 10.8 Å². The van der Waals surface area contributed by atoms with Crippen molar-refractivity contribution in [3.63, 3.8) is 0 Å². The molecule has 0 aliphatic heterocycles. The molecule has 0 saturated carbocycles. The monoisotopic (exact) mass is 279 g/mol. The molecule has 3 N–H and O–H groups in total. The number of carboxylic acid groups (broad SMARTS) is 1. The summed E-state index contributed by atoms with van der Waals surface area (Å²) >= 11 is 5.51. The Morgan fingerprint density at radius 1 is 1.26 bits per heavy atom. The molecule has 4 nitrogen and oxygen atoms in total. The Labute approximate surface area is 115 Å². The third-order valence-electron chi connectivity index (χ3n) is 2.85. The smallest absolute Gasteiger partial charge is 0.338 e. The lowest BCUT2D eigenvalue weighted by Crippen LogP contribution is -2.21. The topological polar surface area (TPSA) is 69.6 Å². The normalized spacial score (nSPS) is 12.3. The zero-order chi connectivity index (χ0) is 13.8. The summed E-state index contributed by atoms with van der Waals surface area (Å²) < 4.78 is 0. The zero-order valence-corrected chi connectivity index (χ0v) is 10.9. The predicted molar refractivity (Wildman–Crippen MR) is 76.1 cm³/mol. The first-order valence-electron chi connectivity index (χ1n) is 5.86. The highest BCUT2D eigenvalue weighted by molar-refractivity contribution is 6.18. The molecule has 1 atom stereocenters. The summed E-state index contributed by atoms with van der Waals surface area (Å²) in [4.78, 5) is 11.4. The number of nitrogens with one attached hydrogen (secondary N) is 1. The van der Waals surface area contributed by atoms with Crippen molar-refractivity contribution >= 4 is 34.0 Å². The molecule has 0 aliphatic carbocycles.